The molecule has 0 atom stereocenters. The predicted molar refractivity (Wildman–Crippen MR) is 79.0 cm³/mol. The van der Waals surface area contributed by atoms with Gasteiger partial charge in [-0.15, -0.1) is 0 Å². The van der Waals surface area contributed by atoms with Crippen molar-refractivity contribution >= 4 is 15.7 Å². The van der Waals surface area contributed by atoms with Gasteiger partial charge in [-0.05, 0) is 43.3 Å². The number of sulfonamides is 1. The second kappa shape index (κ2) is 6.02. The van der Waals surface area contributed by atoms with Gasteiger partial charge in [0.15, 0.2) is 0 Å². The number of nitrogens with one attached hydrogen (secondary N) is 2. The van der Waals surface area contributed by atoms with Crippen molar-refractivity contribution in [3.8, 4) is 0 Å². The summed E-state index contributed by atoms with van der Waals surface area (Å²) in [4.78, 5) is 4.50. The Morgan fingerprint density at radius 2 is 1.80 bits per heavy atom. The number of rotatable bonds is 5. The minimum absolute atomic E-state index is 0.178. The highest BCUT2D eigenvalue weighted by Crippen LogP contribution is 2.13. The molecule has 2 rings (SSSR count). The second-order valence-corrected chi connectivity index (χ2v) is 6.14. The Morgan fingerprint density at radius 1 is 1.10 bits per heavy atom. The molecule has 0 saturated heterocycles. The van der Waals surface area contributed by atoms with Crippen LogP contribution in [0.15, 0.2) is 47.4 Å². The molecule has 5 nitrogen and oxygen atoms in total. The highest BCUT2D eigenvalue weighted by molar-refractivity contribution is 7.89. The first-order chi connectivity index (χ1) is 9.51. The summed E-state index contributed by atoms with van der Waals surface area (Å²) in [5.41, 5.74) is 2.42. The fraction of sp³-hybridized carbons (Fsp3) is 0.214. The lowest BCUT2D eigenvalue weighted by molar-refractivity contribution is 0.580. The SMILES string of the molecule is CNc1ccc(S(=O)(=O)NCc2cccc(C)n2)cc1. The van der Waals surface area contributed by atoms with Crippen LogP contribution in [0, 0.1) is 6.92 Å². The Hall–Kier alpha value is -1.92. The van der Waals surface area contributed by atoms with Crippen LogP contribution in [-0.2, 0) is 16.6 Å². The van der Waals surface area contributed by atoms with Gasteiger partial charge in [-0.1, -0.05) is 6.07 Å². The Morgan fingerprint density at radius 3 is 2.40 bits per heavy atom. The van der Waals surface area contributed by atoms with E-state index in [4.69, 9.17) is 0 Å². The van der Waals surface area contributed by atoms with Gasteiger partial charge in [-0.2, -0.15) is 0 Å². The minimum atomic E-state index is -3.51. The molecule has 1 heterocycles. The fourth-order valence-electron chi connectivity index (χ4n) is 1.75. The van der Waals surface area contributed by atoms with Crippen LogP contribution in [0.2, 0.25) is 0 Å². The van der Waals surface area contributed by atoms with Crippen LogP contribution in [0.5, 0.6) is 0 Å². The van der Waals surface area contributed by atoms with Gasteiger partial charge in [0.1, 0.15) is 0 Å². The zero-order chi connectivity index (χ0) is 14.6. The van der Waals surface area contributed by atoms with Crippen LogP contribution >= 0.6 is 0 Å². The molecule has 0 bridgehead atoms. The number of nitrogens with zero attached hydrogens (tertiary/aromatic N) is 1. The van der Waals surface area contributed by atoms with Gasteiger partial charge in [-0.25, -0.2) is 13.1 Å². The lowest BCUT2D eigenvalue weighted by Crippen LogP contribution is -2.23. The average molecular weight is 291 g/mol. The standard InChI is InChI=1S/C14H17N3O2S/c1-11-4-3-5-13(17-11)10-16-20(18,19)14-8-6-12(15-2)7-9-14/h3-9,15-16H,10H2,1-2H3. The summed E-state index contributed by atoms with van der Waals surface area (Å²) in [6, 6.07) is 12.1. The van der Waals surface area contributed by atoms with Gasteiger partial charge in [0.05, 0.1) is 17.1 Å². The Bertz CT molecular complexity index is 682. The van der Waals surface area contributed by atoms with Crippen LogP contribution < -0.4 is 10.0 Å². The molecule has 0 aliphatic rings. The van der Waals surface area contributed by atoms with E-state index in [1.165, 1.54) is 0 Å². The van der Waals surface area contributed by atoms with Gasteiger partial charge in [0.25, 0.3) is 0 Å². The molecule has 106 valence electrons. The van der Waals surface area contributed by atoms with Crippen LogP contribution in [0.4, 0.5) is 5.69 Å². The van der Waals surface area contributed by atoms with Gasteiger partial charge < -0.3 is 5.32 Å². The zero-order valence-electron chi connectivity index (χ0n) is 11.4. The number of aryl methyl sites for hydroxylation is 1. The van der Waals surface area contributed by atoms with Crippen molar-refractivity contribution in [2.24, 2.45) is 0 Å². The smallest absolute Gasteiger partial charge is 0.240 e. The van der Waals surface area contributed by atoms with E-state index in [0.717, 1.165) is 11.4 Å². The molecule has 0 saturated carbocycles. The number of hydrogen-bond donors (Lipinski definition) is 2. The first-order valence-electron chi connectivity index (χ1n) is 6.21. The number of benzene rings is 1. The summed E-state index contributed by atoms with van der Waals surface area (Å²) in [6.45, 7) is 2.05. The maximum Gasteiger partial charge on any atom is 0.240 e. The largest absolute Gasteiger partial charge is 0.388 e. The normalized spacial score (nSPS) is 11.3. The Labute approximate surface area is 119 Å². The van der Waals surface area contributed by atoms with Crippen molar-refractivity contribution in [2.45, 2.75) is 18.4 Å². The van der Waals surface area contributed by atoms with Gasteiger partial charge >= 0.3 is 0 Å². The number of pyridine rings is 1. The summed E-state index contributed by atoms with van der Waals surface area (Å²) in [5, 5.41) is 2.94. The molecule has 0 unspecified atom stereocenters. The summed E-state index contributed by atoms with van der Waals surface area (Å²) in [5.74, 6) is 0. The summed E-state index contributed by atoms with van der Waals surface area (Å²) in [7, 11) is -1.73. The van der Waals surface area contributed by atoms with Crippen LogP contribution in [0.1, 0.15) is 11.4 Å². The average Bonchev–Trinajstić information content (AvgIpc) is 2.45. The molecule has 1 aromatic carbocycles. The van der Waals surface area contributed by atoms with Crippen LogP contribution in [0.3, 0.4) is 0 Å². The van der Waals surface area contributed by atoms with Gasteiger partial charge in [-0.3, -0.25) is 4.98 Å². The number of hydrogen-bond acceptors (Lipinski definition) is 4. The highest BCUT2D eigenvalue weighted by Gasteiger charge is 2.13. The Balaban J connectivity index is 2.10. The van der Waals surface area contributed by atoms with Crippen LogP contribution in [-0.4, -0.2) is 20.4 Å². The fourth-order valence-corrected chi connectivity index (χ4v) is 2.75. The third kappa shape index (κ3) is 3.55. The maximum atomic E-state index is 12.1. The highest BCUT2D eigenvalue weighted by atomic mass is 32.2. The number of aromatic nitrogens is 1. The lowest BCUT2D eigenvalue weighted by atomic mass is 10.3. The molecule has 20 heavy (non-hydrogen) atoms. The second-order valence-electron chi connectivity index (χ2n) is 4.37. The molecular formula is C14H17N3O2S. The topological polar surface area (TPSA) is 71.1 Å². The number of anilines is 1. The lowest BCUT2D eigenvalue weighted by Gasteiger charge is -2.08. The summed E-state index contributed by atoms with van der Waals surface area (Å²) < 4.78 is 26.8. The van der Waals surface area contributed by atoms with E-state index in [9.17, 15) is 8.42 Å². The van der Waals surface area contributed by atoms with Crippen molar-refractivity contribution in [3.05, 3.63) is 53.9 Å². The van der Waals surface area contributed by atoms with Crippen molar-refractivity contribution < 1.29 is 8.42 Å². The first-order valence-corrected chi connectivity index (χ1v) is 7.69. The third-order valence-corrected chi connectivity index (χ3v) is 4.26. The molecule has 0 radical (unpaired) electrons. The third-order valence-electron chi connectivity index (χ3n) is 2.84. The van der Waals surface area contributed by atoms with E-state index in [1.807, 2.05) is 19.1 Å². The predicted octanol–water partition coefficient (Wildman–Crippen LogP) is 1.91. The molecule has 0 fully saturated rings. The molecule has 0 spiro atoms. The van der Waals surface area contributed by atoms with Crippen molar-refractivity contribution in [1.29, 1.82) is 0 Å². The van der Waals surface area contributed by atoms with Gasteiger partial charge in [0.2, 0.25) is 10.0 Å². The van der Waals surface area contributed by atoms with Gasteiger partial charge in [0, 0.05) is 18.4 Å². The van der Waals surface area contributed by atoms with E-state index in [1.54, 1.807) is 37.4 Å². The molecular weight excluding hydrogens is 274 g/mol. The molecule has 1 aromatic heterocycles. The summed E-state index contributed by atoms with van der Waals surface area (Å²) >= 11 is 0. The van der Waals surface area contributed by atoms with Crippen LogP contribution in [0.25, 0.3) is 0 Å². The maximum absolute atomic E-state index is 12.1. The molecule has 6 heteroatoms. The molecule has 2 N–H and O–H groups in total. The van der Waals surface area contributed by atoms with E-state index < -0.39 is 10.0 Å². The monoisotopic (exact) mass is 291 g/mol. The van der Waals surface area contributed by atoms with E-state index in [-0.39, 0.29) is 11.4 Å². The van der Waals surface area contributed by atoms with E-state index in [0.29, 0.717) is 5.69 Å². The minimum Gasteiger partial charge on any atom is -0.388 e. The van der Waals surface area contributed by atoms with E-state index >= 15 is 0 Å². The molecule has 0 aliphatic heterocycles. The van der Waals surface area contributed by atoms with Crippen molar-refractivity contribution in [1.82, 2.24) is 9.71 Å². The zero-order valence-corrected chi connectivity index (χ0v) is 12.2. The first kappa shape index (κ1) is 14.5. The quantitative estimate of drug-likeness (QED) is 0.883. The molecule has 0 amide bonds. The summed E-state index contributed by atoms with van der Waals surface area (Å²) in [6.07, 6.45) is 0. The van der Waals surface area contributed by atoms with E-state index in [2.05, 4.69) is 15.0 Å². The van der Waals surface area contributed by atoms with Crippen molar-refractivity contribution in [3.63, 3.8) is 0 Å². The van der Waals surface area contributed by atoms with Crippen molar-refractivity contribution in [2.75, 3.05) is 12.4 Å². The molecule has 0 aliphatic carbocycles. The molecule has 2 aromatic rings. The Kier molecular flexibility index (Phi) is 4.36.